The van der Waals surface area contributed by atoms with E-state index in [9.17, 15) is 13.2 Å². The van der Waals surface area contributed by atoms with E-state index in [1.807, 2.05) is 18.2 Å². The number of carbonyl (C=O) groups excluding carboxylic acids is 1. The molecule has 7 nitrogen and oxygen atoms in total. The Kier molecular flexibility index (Phi) is 7.79. The van der Waals surface area contributed by atoms with Crippen molar-refractivity contribution in [2.45, 2.75) is 51.5 Å². The molecule has 31 heavy (non-hydrogen) atoms. The first-order valence-corrected chi connectivity index (χ1v) is 12.5. The van der Waals surface area contributed by atoms with E-state index in [2.05, 4.69) is 15.3 Å². The highest BCUT2D eigenvalue weighted by Crippen LogP contribution is 2.28. The summed E-state index contributed by atoms with van der Waals surface area (Å²) in [4.78, 5) is 21.8. The normalized spacial score (nSPS) is 16.2. The van der Waals surface area contributed by atoms with Crippen molar-refractivity contribution in [2.24, 2.45) is 5.92 Å². The molecule has 1 aliphatic carbocycles. The molecule has 8 heteroatoms. The molecule has 166 valence electrons. The van der Waals surface area contributed by atoms with Gasteiger partial charge < -0.3 is 10.1 Å². The number of nitrogens with one attached hydrogen (secondary N) is 1. The Morgan fingerprint density at radius 3 is 2.61 bits per heavy atom. The highest BCUT2D eigenvalue weighted by molar-refractivity contribution is 7.93. The molecule has 1 N–H and O–H groups in total. The lowest BCUT2D eigenvalue weighted by Crippen LogP contribution is -2.31. The molecule has 1 unspecified atom stereocenters. The van der Waals surface area contributed by atoms with Crippen molar-refractivity contribution in [3.8, 4) is 11.6 Å². The van der Waals surface area contributed by atoms with Crippen LogP contribution in [0.4, 0.5) is 0 Å². The van der Waals surface area contributed by atoms with E-state index in [-0.39, 0.29) is 11.4 Å². The second-order valence-corrected chi connectivity index (χ2v) is 9.98. The molecule has 1 saturated carbocycles. The van der Waals surface area contributed by atoms with Crippen LogP contribution in [0.1, 0.15) is 55.2 Å². The van der Waals surface area contributed by atoms with Crippen molar-refractivity contribution >= 4 is 15.7 Å². The number of rotatable bonds is 8. The van der Waals surface area contributed by atoms with Gasteiger partial charge in [0.1, 0.15) is 17.1 Å². The van der Waals surface area contributed by atoms with Crippen LogP contribution in [0.15, 0.2) is 48.0 Å². The summed E-state index contributed by atoms with van der Waals surface area (Å²) in [5, 5.41) is 3.82. The summed E-state index contributed by atoms with van der Waals surface area (Å²) < 4.78 is 28.6. The van der Waals surface area contributed by atoms with Crippen molar-refractivity contribution in [2.75, 3.05) is 6.26 Å². The molecule has 0 aliphatic heterocycles. The summed E-state index contributed by atoms with van der Waals surface area (Å²) in [5.41, 5.74) is 0.204. The number of para-hydroxylation sites is 1. The zero-order chi connectivity index (χ0) is 22.3. The van der Waals surface area contributed by atoms with Gasteiger partial charge in [-0.05, 0) is 25.0 Å². The van der Waals surface area contributed by atoms with Crippen LogP contribution in [-0.4, -0.2) is 36.6 Å². The first-order valence-electron chi connectivity index (χ1n) is 10.6. The molecule has 0 spiro atoms. The average molecular weight is 444 g/mol. The molecule has 1 atom stereocenters. The van der Waals surface area contributed by atoms with Gasteiger partial charge in [0.05, 0.1) is 0 Å². The first-order chi connectivity index (χ1) is 14.8. The Hall–Kier alpha value is -2.74. The van der Waals surface area contributed by atoms with Gasteiger partial charge in [-0.2, -0.15) is 4.98 Å². The van der Waals surface area contributed by atoms with Crippen LogP contribution in [0.25, 0.3) is 0 Å². The van der Waals surface area contributed by atoms with Gasteiger partial charge in [0.25, 0.3) is 5.91 Å². The van der Waals surface area contributed by atoms with Gasteiger partial charge in [0, 0.05) is 30.3 Å². The lowest BCUT2D eigenvalue weighted by molar-refractivity contribution is 0.0943. The maximum Gasteiger partial charge on any atom is 0.258 e. The molecule has 0 saturated heterocycles. The van der Waals surface area contributed by atoms with E-state index < -0.39 is 21.8 Å². The number of benzene rings is 1. The monoisotopic (exact) mass is 443 g/mol. The first kappa shape index (κ1) is 22.9. The van der Waals surface area contributed by atoms with Gasteiger partial charge in [0.15, 0.2) is 9.84 Å². The maximum absolute atomic E-state index is 12.8. The minimum atomic E-state index is -3.27. The predicted molar refractivity (Wildman–Crippen MR) is 120 cm³/mol. The summed E-state index contributed by atoms with van der Waals surface area (Å²) >= 11 is 0. The average Bonchev–Trinajstić information content (AvgIpc) is 2.73. The molecular formula is C23H29N3O4S. The number of amides is 1. The quantitative estimate of drug-likeness (QED) is 0.660. The fourth-order valence-electron chi connectivity index (χ4n) is 3.58. The summed E-state index contributed by atoms with van der Waals surface area (Å²) in [6.07, 6.45) is 10.9. The highest BCUT2D eigenvalue weighted by atomic mass is 32.2. The van der Waals surface area contributed by atoms with E-state index >= 15 is 0 Å². The number of nitrogens with zero attached hydrogens (tertiary/aromatic N) is 2. The molecule has 1 heterocycles. The van der Waals surface area contributed by atoms with Gasteiger partial charge in [-0.3, -0.25) is 4.79 Å². The second kappa shape index (κ2) is 10.5. The standard InChI is InChI=1S/C23H29N3O4S/c1-17(13-14-31(2,28)29)25-22(27)20-16-24-21(15-18-9-5-3-6-10-18)26-23(20)30-19-11-7-4-8-12-19/h4,7-8,11-14,16-18H,3,5-6,9-10,15H2,1-2H3,(H,25,27)/b14-13+. The van der Waals surface area contributed by atoms with Gasteiger partial charge in [0.2, 0.25) is 5.88 Å². The zero-order valence-corrected chi connectivity index (χ0v) is 18.8. The summed E-state index contributed by atoms with van der Waals surface area (Å²) in [6, 6.07) is 8.66. The SMILES string of the molecule is CC(/C=C/S(C)(=O)=O)NC(=O)c1cnc(CC2CCCCC2)nc1Oc1ccccc1. The Balaban J connectivity index is 1.81. The largest absolute Gasteiger partial charge is 0.438 e. The third-order valence-corrected chi connectivity index (χ3v) is 5.83. The van der Waals surface area contributed by atoms with Crippen LogP contribution < -0.4 is 10.1 Å². The lowest BCUT2D eigenvalue weighted by Gasteiger charge is -2.21. The van der Waals surface area contributed by atoms with Gasteiger partial charge in [-0.1, -0.05) is 56.4 Å². The highest BCUT2D eigenvalue weighted by Gasteiger charge is 2.21. The zero-order valence-electron chi connectivity index (χ0n) is 18.0. The van der Waals surface area contributed by atoms with Crippen molar-refractivity contribution in [1.29, 1.82) is 0 Å². The van der Waals surface area contributed by atoms with Crippen molar-refractivity contribution < 1.29 is 17.9 Å². The molecule has 2 aromatic rings. The third-order valence-electron chi connectivity index (χ3n) is 5.18. The fraction of sp³-hybridized carbons (Fsp3) is 0.435. The van der Waals surface area contributed by atoms with Crippen LogP contribution in [0.5, 0.6) is 11.6 Å². The number of carbonyl (C=O) groups is 1. The van der Waals surface area contributed by atoms with Crippen LogP contribution >= 0.6 is 0 Å². The van der Waals surface area contributed by atoms with Crippen LogP contribution in [0, 0.1) is 5.92 Å². The molecular weight excluding hydrogens is 414 g/mol. The molecule has 1 fully saturated rings. The maximum atomic E-state index is 12.8. The minimum Gasteiger partial charge on any atom is -0.438 e. The summed E-state index contributed by atoms with van der Waals surface area (Å²) in [7, 11) is -3.27. The van der Waals surface area contributed by atoms with Crippen molar-refractivity contribution in [3.05, 3.63) is 59.4 Å². The molecule has 0 bridgehead atoms. The molecule has 1 aliphatic rings. The number of hydrogen-bond donors (Lipinski definition) is 1. The summed E-state index contributed by atoms with van der Waals surface area (Å²) in [5.74, 6) is 1.56. The number of ether oxygens (including phenoxy) is 1. The van der Waals surface area contributed by atoms with Crippen LogP contribution in [-0.2, 0) is 16.3 Å². The van der Waals surface area contributed by atoms with Gasteiger partial charge >= 0.3 is 0 Å². The lowest BCUT2D eigenvalue weighted by atomic mass is 9.87. The van der Waals surface area contributed by atoms with Gasteiger partial charge in [-0.25, -0.2) is 13.4 Å². The number of sulfone groups is 1. The fourth-order valence-corrected chi connectivity index (χ4v) is 4.10. The third kappa shape index (κ3) is 7.47. The Labute approximate surface area is 183 Å². The Morgan fingerprint density at radius 2 is 1.94 bits per heavy atom. The predicted octanol–water partition coefficient (Wildman–Crippen LogP) is 4.07. The number of hydrogen-bond acceptors (Lipinski definition) is 6. The Morgan fingerprint density at radius 1 is 1.23 bits per heavy atom. The van der Waals surface area contributed by atoms with Gasteiger partial charge in [-0.15, -0.1) is 0 Å². The Bertz CT molecular complexity index is 1020. The van der Waals surface area contributed by atoms with E-state index in [1.54, 1.807) is 19.1 Å². The molecule has 1 aromatic carbocycles. The molecule has 1 aromatic heterocycles. The molecule has 3 rings (SSSR count). The summed E-state index contributed by atoms with van der Waals surface area (Å²) in [6.45, 7) is 1.69. The second-order valence-electron chi connectivity index (χ2n) is 8.05. The minimum absolute atomic E-state index is 0.198. The van der Waals surface area contributed by atoms with Crippen molar-refractivity contribution in [1.82, 2.24) is 15.3 Å². The van der Waals surface area contributed by atoms with E-state index in [1.165, 1.54) is 44.4 Å². The smallest absolute Gasteiger partial charge is 0.258 e. The molecule has 0 radical (unpaired) electrons. The molecule has 1 amide bonds. The van der Waals surface area contributed by atoms with Crippen LogP contribution in [0.2, 0.25) is 0 Å². The van der Waals surface area contributed by atoms with E-state index in [4.69, 9.17) is 4.74 Å². The van der Waals surface area contributed by atoms with E-state index in [0.29, 0.717) is 17.5 Å². The van der Waals surface area contributed by atoms with Crippen LogP contribution in [0.3, 0.4) is 0 Å². The topological polar surface area (TPSA) is 98.2 Å². The number of aromatic nitrogens is 2. The van der Waals surface area contributed by atoms with Crippen molar-refractivity contribution in [3.63, 3.8) is 0 Å². The van der Waals surface area contributed by atoms with E-state index in [0.717, 1.165) is 18.1 Å².